The van der Waals surface area contributed by atoms with Crippen LogP contribution in [-0.4, -0.2) is 46.3 Å². The molecule has 1 saturated heterocycles. The van der Waals surface area contributed by atoms with Crippen molar-refractivity contribution in [2.24, 2.45) is 7.05 Å². The largest absolute Gasteiger partial charge is 0.401 e. The second-order valence-electron chi connectivity index (χ2n) is 4.71. The van der Waals surface area contributed by atoms with Gasteiger partial charge in [0.05, 0.1) is 18.6 Å². The molecule has 0 bridgehead atoms. The summed E-state index contributed by atoms with van der Waals surface area (Å²) in [5.74, 6) is 0. The molecular formula is C11H17F3N4. The lowest BCUT2D eigenvalue weighted by molar-refractivity contribution is -0.143. The summed E-state index contributed by atoms with van der Waals surface area (Å²) in [6.07, 6.45) is 0.127. The first-order valence-corrected chi connectivity index (χ1v) is 5.92. The van der Waals surface area contributed by atoms with Crippen LogP contribution in [0.25, 0.3) is 0 Å². The molecule has 1 N–H and O–H groups in total. The molecule has 0 aromatic carbocycles. The smallest absolute Gasteiger partial charge is 0.337 e. The number of nitrogens with zero attached hydrogens (tertiary/aromatic N) is 3. The first-order valence-electron chi connectivity index (χ1n) is 5.92. The first-order chi connectivity index (χ1) is 8.44. The molecule has 0 saturated carbocycles. The number of nitrogens with one attached hydrogen (secondary N) is 1. The van der Waals surface area contributed by atoms with Crippen molar-refractivity contribution in [2.45, 2.75) is 25.2 Å². The molecule has 1 aliphatic heterocycles. The average molecular weight is 262 g/mol. The van der Waals surface area contributed by atoms with Gasteiger partial charge in [0.25, 0.3) is 0 Å². The Kier molecular flexibility index (Phi) is 3.91. The minimum Gasteiger partial charge on any atom is -0.337 e. The van der Waals surface area contributed by atoms with Gasteiger partial charge in [0.1, 0.15) is 0 Å². The number of aromatic nitrogens is 2. The minimum atomic E-state index is -4.10. The van der Waals surface area contributed by atoms with E-state index in [1.54, 1.807) is 12.5 Å². The number of imidazole rings is 1. The van der Waals surface area contributed by atoms with E-state index in [1.165, 1.54) is 4.90 Å². The third kappa shape index (κ3) is 3.71. The van der Waals surface area contributed by atoms with Crippen LogP contribution in [0.5, 0.6) is 0 Å². The van der Waals surface area contributed by atoms with Crippen LogP contribution in [0.2, 0.25) is 0 Å². The molecule has 1 aromatic heterocycles. The Hall–Kier alpha value is -1.08. The monoisotopic (exact) mass is 262 g/mol. The van der Waals surface area contributed by atoms with Crippen molar-refractivity contribution in [3.05, 3.63) is 18.2 Å². The predicted molar refractivity (Wildman–Crippen MR) is 60.9 cm³/mol. The van der Waals surface area contributed by atoms with E-state index >= 15 is 0 Å². The van der Waals surface area contributed by atoms with Crippen LogP contribution >= 0.6 is 0 Å². The Morgan fingerprint density at radius 2 is 2.28 bits per heavy atom. The van der Waals surface area contributed by atoms with Gasteiger partial charge in [-0.25, -0.2) is 4.98 Å². The van der Waals surface area contributed by atoms with Gasteiger partial charge in [-0.3, -0.25) is 4.90 Å². The normalized spacial score (nSPS) is 21.7. The fraction of sp³-hybridized carbons (Fsp3) is 0.727. The van der Waals surface area contributed by atoms with E-state index in [2.05, 4.69) is 10.3 Å². The zero-order chi connectivity index (χ0) is 13.2. The number of hydrogen-bond acceptors (Lipinski definition) is 3. The SMILES string of the molecule is Cn1cncc1CN[C@@H]1CCN(CC(F)(F)F)C1. The molecule has 1 atom stereocenters. The van der Waals surface area contributed by atoms with Gasteiger partial charge < -0.3 is 9.88 Å². The van der Waals surface area contributed by atoms with E-state index in [1.807, 2.05) is 11.6 Å². The van der Waals surface area contributed by atoms with Gasteiger partial charge in [-0.05, 0) is 6.42 Å². The number of halogens is 3. The predicted octanol–water partition coefficient (Wildman–Crippen LogP) is 1.15. The maximum atomic E-state index is 12.2. The van der Waals surface area contributed by atoms with E-state index in [0.29, 0.717) is 19.6 Å². The van der Waals surface area contributed by atoms with Crippen molar-refractivity contribution in [1.29, 1.82) is 0 Å². The molecule has 18 heavy (non-hydrogen) atoms. The van der Waals surface area contributed by atoms with Crippen LogP contribution < -0.4 is 5.32 Å². The Morgan fingerprint density at radius 1 is 1.50 bits per heavy atom. The van der Waals surface area contributed by atoms with E-state index in [4.69, 9.17) is 0 Å². The van der Waals surface area contributed by atoms with Crippen LogP contribution in [0, 0.1) is 0 Å². The number of hydrogen-bond donors (Lipinski definition) is 1. The van der Waals surface area contributed by atoms with E-state index in [0.717, 1.165) is 12.1 Å². The summed E-state index contributed by atoms with van der Waals surface area (Å²) in [4.78, 5) is 5.44. The Bertz CT molecular complexity index is 388. The molecule has 0 unspecified atom stereocenters. The molecule has 4 nitrogen and oxygen atoms in total. The van der Waals surface area contributed by atoms with E-state index in [-0.39, 0.29) is 6.04 Å². The first kappa shape index (κ1) is 13.4. The highest BCUT2D eigenvalue weighted by Crippen LogP contribution is 2.20. The summed E-state index contributed by atoms with van der Waals surface area (Å²) in [6.45, 7) is 0.790. The van der Waals surface area contributed by atoms with Crippen LogP contribution in [0.1, 0.15) is 12.1 Å². The molecule has 1 aliphatic rings. The van der Waals surface area contributed by atoms with Gasteiger partial charge in [0, 0.05) is 38.9 Å². The minimum absolute atomic E-state index is 0.127. The standard InChI is InChI=1S/C11H17F3N4/c1-17-8-15-4-10(17)5-16-9-2-3-18(6-9)7-11(12,13)14/h4,8-9,16H,2-3,5-7H2,1H3/t9-/m1/s1. The third-order valence-electron chi connectivity index (χ3n) is 3.16. The molecule has 0 spiro atoms. The second kappa shape index (κ2) is 5.27. The van der Waals surface area contributed by atoms with Crippen LogP contribution in [0.3, 0.4) is 0 Å². The molecule has 0 aliphatic carbocycles. The summed E-state index contributed by atoms with van der Waals surface area (Å²) in [7, 11) is 1.90. The lowest BCUT2D eigenvalue weighted by Crippen LogP contribution is -2.36. The van der Waals surface area contributed by atoms with Crippen molar-refractivity contribution < 1.29 is 13.2 Å². The number of aryl methyl sites for hydroxylation is 1. The summed E-state index contributed by atoms with van der Waals surface area (Å²) in [6, 6.07) is 0.127. The number of rotatable bonds is 4. The molecule has 2 heterocycles. The van der Waals surface area contributed by atoms with Crippen molar-refractivity contribution in [1.82, 2.24) is 19.8 Å². The third-order valence-corrected chi connectivity index (χ3v) is 3.16. The fourth-order valence-electron chi connectivity index (χ4n) is 2.20. The van der Waals surface area contributed by atoms with E-state index < -0.39 is 12.7 Å². The van der Waals surface area contributed by atoms with Gasteiger partial charge in [-0.2, -0.15) is 13.2 Å². The highest BCUT2D eigenvalue weighted by atomic mass is 19.4. The van der Waals surface area contributed by atoms with Gasteiger partial charge in [-0.15, -0.1) is 0 Å². The molecular weight excluding hydrogens is 245 g/mol. The van der Waals surface area contributed by atoms with Gasteiger partial charge in [0.15, 0.2) is 0 Å². The van der Waals surface area contributed by atoms with Crippen molar-refractivity contribution in [3.63, 3.8) is 0 Å². The second-order valence-corrected chi connectivity index (χ2v) is 4.71. The number of likely N-dealkylation sites (tertiary alicyclic amines) is 1. The van der Waals surface area contributed by atoms with Crippen molar-refractivity contribution >= 4 is 0 Å². The lowest BCUT2D eigenvalue weighted by atomic mass is 10.2. The van der Waals surface area contributed by atoms with Gasteiger partial charge in [0.2, 0.25) is 0 Å². The summed E-state index contributed by atoms with van der Waals surface area (Å²) in [5.41, 5.74) is 1.03. The Balaban J connectivity index is 1.75. The average Bonchev–Trinajstić information content (AvgIpc) is 2.82. The van der Waals surface area contributed by atoms with Crippen LogP contribution in [-0.2, 0) is 13.6 Å². The van der Waals surface area contributed by atoms with E-state index in [9.17, 15) is 13.2 Å². The zero-order valence-corrected chi connectivity index (χ0v) is 10.2. The Labute approximate surface area is 104 Å². The molecule has 0 amide bonds. The van der Waals surface area contributed by atoms with Crippen molar-refractivity contribution in [2.75, 3.05) is 19.6 Å². The molecule has 7 heteroatoms. The summed E-state index contributed by atoms with van der Waals surface area (Å²) in [5, 5.41) is 3.27. The van der Waals surface area contributed by atoms with Gasteiger partial charge >= 0.3 is 6.18 Å². The van der Waals surface area contributed by atoms with Gasteiger partial charge in [-0.1, -0.05) is 0 Å². The zero-order valence-electron chi connectivity index (χ0n) is 10.2. The van der Waals surface area contributed by atoms with Crippen molar-refractivity contribution in [3.8, 4) is 0 Å². The topological polar surface area (TPSA) is 33.1 Å². The summed E-state index contributed by atoms with van der Waals surface area (Å²) >= 11 is 0. The Morgan fingerprint density at radius 3 is 2.89 bits per heavy atom. The highest BCUT2D eigenvalue weighted by molar-refractivity contribution is 4.97. The molecule has 0 radical (unpaired) electrons. The van der Waals surface area contributed by atoms with Crippen LogP contribution in [0.15, 0.2) is 12.5 Å². The lowest BCUT2D eigenvalue weighted by Gasteiger charge is -2.18. The number of alkyl halides is 3. The maximum Gasteiger partial charge on any atom is 0.401 e. The fourth-order valence-corrected chi connectivity index (χ4v) is 2.20. The quantitative estimate of drug-likeness (QED) is 0.883. The summed E-state index contributed by atoms with van der Waals surface area (Å²) < 4.78 is 38.6. The molecule has 2 rings (SSSR count). The molecule has 1 aromatic rings. The molecule has 102 valence electrons. The maximum absolute atomic E-state index is 12.2. The molecule has 1 fully saturated rings. The highest BCUT2D eigenvalue weighted by Gasteiger charge is 2.34. The van der Waals surface area contributed by atoms with Crippen LogP contribution in [0.4, 0.5) is 13.2 Å².